The molecule has 0 spiro atoms. The zero-order valence-corrected chi connectivity index (χ0v) is 17.0. The fraction of sp³-hybridized carbons (Fsp3) is 0.391. The number of hydrogen-bond acceptors (Lipinski definition) is 6. The minimum Gasteiger partial charge on any atom is -0.506 e. The Bertz CT molecular complexity index is 922. The molecule has 0 radical (unpaired) electrons. The van der Waals surface area contributed by atoms with Gasteiger partial charge >= 0.3 is 5.97 Å². The molecule has 2 heterocycles. The zero-order chi connectivity index (χ0) is 20.9. The van der Waals surface area contributed by atoms with E-state index in [4.69, 9.17) is 4.74 Å². The highest BCUT2D eigenvalue weighted by Gasteiger charge is 2.20. The Kier molecular flexibility index (Phi) is 6.18. The Balaban J connectivity index is 1.19. The molecule has 2 aliphatic heterocycles. The fourth-order valence-corrected chi connectivity index (χ4v) is 3.98. The van der Waals surface area contributed by atoms with Crippen molar-refractivity contribution in [2.45, 2.75) is 19.3 Å². The number of phenols is 1. The molecule has 1 fully saturated rings. The van der Waals surface area contributed by atoms with E-state index in [1.807, 2.05) is 24.3 Å². The van der Waals surface area contributed by atoms with Gasteiger partial charge in [-0.1, -0.05) is 18.2 Å². The predicted octanol–water partition coefficient (Wildman–Crippen LogP) is 2.65. The molecule has 0 atom stereocenters. The molecule has 2 N–H and O–H groups in total. The Labute approximate surface area is 176 Å². The second-order valence-corrected chi connectivity index (χ2v) is 7.73. The fourth-order valence-electron chi connectivity index (χ4n) is 3.98. The summed E-state index contributed by atoms with van der Waals surface area (Å²) in [5.41, 5.74) is 3.11. The summed E-state index contributed by atoms with van der Waals surface area (Å²) >= 11 is 0. The lowest BCUT2D eigenvalue weighted by Crippen LogP contribution is -2.46. The van der Waals surface area contributed by atoms with Gasteiger partial charge in [-0.25, -0.2) is 4.79 Å². The van der Waals surface area contributed by atoms with Crippen molar-refractivity contribution in [2.75, 3.05) is 49.5 Å². The largest absolute Gasteiger partial charge is 0.506 e. The van der Waals surface area contributed by atoms with Crippen molar-refractivity contribution >= 4 is 23.3 Å². The Hall–Kier alpha value is -3.06. The van der Waals surface area contributed by atoms with Gasteiger partial charge < -0.3 is 20.1 Å². The number of esters is 1. The van der Waals surface area contributed by atoms with E-state index >= 15 is 0 Å². The Morgan fingerprint density at radius 2 is 1.87 bits per heavy atom. The van der Waals surface area contributed by atoms with Gasteiger partial charge in [-0.15, -0.1) is 0 Å². The first-order valence-electron chi connectivity index (χ1n) is 10.5. The van der Waals surface area contributed by atoms with Crippen LogP contribution in [-0.2, 0) is 16.0 Å². The number of nitrogens with one attached hydrogen (secondary N) is 1. The van der Waals surface area contributed by atoms with E-state index in [1.165, 1.54) is 0 Å². The molecule has 0 saturated carbocycles. The lowest BCUT2D eigenvalue weighted by Gasteiger charge is -2.36. The lowest BCUT2D eigenvalue weighted by atomic mass is 10.0. The van der Waals surface area contributed by atoms with Gasteiger partial charge in [0, 0.05) is 44.8 Å². The normalized spacial score (nSPS) is 16.7. The maximum atomic E-state index is 12.3. The third kappa shape index (κ3) is 4.74. The summed E-state index contributed by atoms with van der Waals surface area (Å²) in [6, 6.07) is 12.8. The summed E-state index contributed by atoms with van der Waals surface area (Å²) < 4.78 is 5.42. The number of anilines is 2. The van der Waals surface area contributed by atoms with E-state index in [-0.39, 0.29) is 11.9 Å². The standard InChI is InChI=1S/C23H27N3O4/c27-21-5-2-1-4-20(21)26-13-11-25(12-14-26)10-3-15-30-23(29)18-7-6-17-8-9-22(28)24-19(17)16-18/h1-2,4-7,16,27H,3,8-15H2,(H,24,28). The average molecular weight is 409 g/mol. The minimum atomic E-state index is -0.359. The van der Waals surface area contributed by atoms with Crippen molar-refractivity contribution in [1.82, 2.24) is 4.90 Å². The maximum Gasteiger partial charge on any atom is 0.338 e. The number of aryl methyl sites for hydroxylation is 1. The average Bonchev–Trinajstić information content (AvgIpc) is 2.77. The van der Waals surface area contributed by atoms with Crippen LogP contribution in [0, 0.1) is 0 Å². The molecular weight excluding hydrogens is 382 g/mol. The zero-order valence-electron chi connectivity index (χ0n) is 17.0. The molecule has 0 aromatic heterocycles. The number of rotatable bonds is 6. The number of carbonyl (C=O) groups is 2. The molecular formula is C23H27N3O4. The molecule has 1 amide bonds. The lowest BCUT2D eigenvalue weighted by molar-refractivity contribution is -0.116. The number of phenolic OH excluding ortho intramolecular Hbond substituents is 1. The van der Waals surface area contributed by atoms with Crippen molar-refractivity contribution in [2.24, 2.45) is 0 Å². The van der Waals surface area contributed by atoms with Crippen LogP contribution < -0.4 is 10.2 Å². The first kappa shape index (κ1) is 20.2. The van der Waals surface area contributed by atoms with Gasteiger partial charge in [0.2, 0.25) is 5.91 Å². The van der Waals surface area contributed by atoms with Crippen LogP contribution in [-0.4, -0.2) is 61.2 Å². The topological polar surface area (TPSA) is 82.1 Å². The molecule has 2 aromatic rings. The van der Waals surface area contributed by atoms with Gasteiger partial charge in [-0.3, -0.25) is 9.69 Å². The van der Waals surface area contributed by atoms with Crippen LogP contribution in [0.25, 0.3) is 0 Å². The second-order valence-electron chi connectivity index (χ2n) is 7.73. The number of nitrogens with zero attached hydrogens (tertiary/aromatic N) is 2. The molecule has 7 heteroatoms. The van der Waals surface area contributed by atoms with E-state index < -0.39 is 0 Å². The summed E-state index contributed by atoms with van der Waals surface area (Å²) in [6.45, 7) is 4.76. The first-order chi connectivity index (χ1) is 14.6. The van der Waals surface area contributed by atoms with Crippen LogP contribution in [0.15, 0.2) is 42.5 Å². The number of piperazine rings is 1. The Morgan fingerprint density at radius 1 is 1.07 bits per heavy atom. The van der Waals surface area contributed by atoms with Gasteiger partial charge in [0.15, 0.2) is 0 Å². The van der Waals surface area contributed by atoms with Gasteiger partial charge in [0.1, 0.15) is 5.75 Å². The predicted molar refractivity (Wildman–Crippen MR) is 115 cm³/mol. The van der Waals surface area contributed by atoms with Crippen molar-refractivity contribution in [3.8, 4) is 5.75 Å². The molecule has 1 saturated heterocycles. The van der Waals surface area contributed by atoms with Crippen molar-refractivity contribution < 1.29 is 19.4 Å². The first-order valence-corrected chi connectivity index (χ1v) is 10.5. The van der Waals surface area contributed by atoms with Crippen molar-refractivity contribution in [1.29, 1.82) is 0 Å². The van der Waals surface area contributed by atoms with Crippen molar-refractivity contribution in [3.05, 3.63) is 53.6 Å². The van der Waals surface area contributed by atoms with Gasteiger partial charge in [-0.2, -0.15) is 0 Å². The molecule has 30 heavy (non-hydrogen) atoms. The van der Waals surface area contributed by atoms with Crippen LogP contribution in [0.1, 0.15) is 28.8 Å². The van der Waals surface area contributed by atoms with Gasteiger partial charge in [0.25, 0.3) is 0 Å². The highest BCUT2D eigenvalue weighted by Crippen LogP contribution is 2.27. The number of carbonyl (C=O) groups excluding carboxylic acids is 2. The van der Waals surface area contributed by atoms with E-state index in [9.17, 15) is 14.7 Å². The summed E-state index contributed by atoms with van der Waals surface area (Å²) in [7, 11) is 0. The highest BCUT2D eigenvalue weighted by atomic mass is 16.5. The summed E-state index contributed by atoms with van der Waals surface area (Å²) in [5, 5.41) is 12.8. The quantitative estimate of drug-likeness (QED) is 0.564. The molecule has 7 nitrogen and oxygen atoms in total. The molecule has 0 bridgehead atoms. The molecule has 158 valence electrons. The van der Waals surface area contributed by atoms with Crippen LogP contribution in [0.3, 0.4) is 0 Å². The molecule has 2 aliphatic rings. The van der Waals surface area contributed by atoms with Crippen molar-refractivity contribution in [3.63, 3.8) is 0 Å². The van der Waals surface area contributed by atoms with Crippen LogP contribution >= 0.6 is 0 Å². The monoisotopic (exact) mass is 409 g/mol. The maximum absolute atomic E-state index is 12.3. The number of amides is 1. The Morgan fingerprint density at radius 3 is 2.67 bits per heavy atom. The number of para-hydroxylation sites is 2. The van der Waals surface area contributed by atoms with Crippen LogP contribution in [0.5, 0.6) is 5.75 Å². The SMILES string of the molecule is O=C1CCc2ccc(C(=O)OCCCN3CCN(c4ccccc4O)CC3)cc2N1. The van der Waals surface area contributed by atoms with E-state index in [1.54, 1.807) is 18.2 Å². The van der Waals surface area contributed by atoms with E-state index in [2.05, 4.69) is 15.1 Å². The molecule has 0 unspecified atom stereocenters. The van der Waals surface area contributed by atoms with Crippen LogP contribution in [0.2, 0.25) is 0 Å². The number of benzene rings is 2. The number of ether oxygens (including phenoxy) is 1. The molecule has 4 rings (SSSR count). The van der Waals surface area contributed by atoms with E-state index in [0.717, 1.165) is 50.4 Å². The van der Waals surface area contributed by atoms with Crippen LogP contribution in [0.4, 0.5) is 11.4 Å². The number of fused-ring (bicyclic) bond motifs is 1. The minimum absolute atomic E-state index is 0.0180. The van der Waals surface area contributed by atoms with Gasteiger partial charge in [-0.05, 0) is 42.7 Å². The summed E-state index contributed by atoms with van der Waals surface area (Å²) in [5.74, 6) is -0.0582. The van der Waals surface area contributed by atoms with Gasteiger partial charge in [0.05, 0.1) is 17.9 Å². The highest BCUT2D eigenvalue weighted by molar-refractivity contribution is 5.97. The molecule has 2 aromatic carbocycles. The number of hydrogen-bond donors (Lipinski definition) is 2. The third-order valence-electron chi connectivity index (χ3n) is 5.69. The summed E-state index contributed by atoms with van der Waals surface area (Å²) in [6.07, 6.45) is 1.95. The molecule has 0 aliphatic carbocycles. The smallest absolute Gasteiger partial charge is 0.338 e. The number of aromatic hydroxyl groups is 1. The van der Waals surface area contributed by atoms with E-state index in [0.29, 0.717) is 36.4 Å². The second kappa shape index (κ2) is 9.17. The summed E-state index contributed by atoms with van der Waals surface area (Å²) in [4.78, 5) is 28.4. The third-order valence-corrected chi connectivity index (χ3v) is 5.69.